The van der Waals surface area contributed by atoms with Gasteiger partial charge in [-0.3, -0.25) is 15.1 Å². The number of alkyl halides is 5. The predicted molar refractivity (Wildman–Crippen MR) is 188 cm³/mol. The molecule has 1 aliphatic carbocycles. The molecule has 2 aliphatic rings. The summed E-state index contributed by atoms with van der Waals surface area (Å²) in [5, 5.41) is 20.5. The highest BCUT2D eigenvalue weighted by Crippen LogP contribution is 2.43. The summed E-state index contributed by atoms with van der Waals surface area (Å²) in [7, 11) is -3.75. The van der Waals surface area contributed by atoms with Crippen LogP contribution in [-0.4, -0.2) is 79.8 Å². The number of hydrogen-bond acceptors (Lipinski definition) is 9. The van der Waals surface area contributed by atoms with Crippen molar-refractivity contribution in [1.82, 2.24) is 39.5 Å². The summed E-state index contributed by atoms with van der Waals surface area (Å²) < 4.78 is 114. The van der Waals surface area contributed by atoms with Crippen LogP contribution in [0.25, 0.3) is 16.8 Å². The van der Waals surface area contributed by atoms with Gasteiger partial charge in [-0.2, -0.15) is 27.5 Å². The second-order valence-electron chi connectivity index (χ2n) is 14.5. The molecule has 6 rings (SSSR count). The number of ether oxygens (including phenoxy) is 1. The molecule has 0 bridgehead atoms. The van der Waals surface area contributed by atoms with Crippen LogP contribution in [0.2, 0.25) is 5.02 Å². The summed E-state index contributed by atoms with van der Waals surface area (Å²) in [5.41, 5.74) is -2.53. The second kappa shape index (κ2) is 14.7. The quantitative estimate of drug-likeness (QED) is 0.140. The van der Waals surface area contributed by atoms with Gasteiger partial charge in [-0.1, -0.05) is 50.6 Å². The van der Waals surface area contributed by atoms with E-state index >= 15 is 4.39 Å². The maximum Gasteiger partial charge on any atom is 0.407 e. The molecule has 2 fully saturated rings. The minimum absolute atomic E-state index is 0.0230. The lowest BCUT2D eigenvalue weighted by Crippen LogP contribution is -2.47. The average molecular weight is 830 g/mol. The van der Waals surface area contributed by atoms with Gasteiger partial charge in [-0.05, 0) is 54.0 Å². The molecule has 0 radical (unpaired) electrons. The van der Waals surface area contributed by atoms with Crippen molar-refractivity contribution in [3.05, 3.63) is 82.9 Å². The largest absolute Gasteiger partial charge is 0.447 e. The van der Waals surface area contributed by atoms with Crippen LogP contribution in [0.4, 0.5) is 31.1 Å². The Morgan fingerprint density at radius 2 is 1.86 bits per heavy atom. The summed E-state index contributed by atoms with van der Waals surface area (Å²) >= 11 is 6.37. The Bertz CT molecular complexity index is 2290. The molecule has 2 atom stereocenters. The van der Waals surface area contributed by atoms with Crippen LogP contribution in [0.3, 0.4) is 0 Å². The maximum absolute atomic E-state index is 16.1. The van der Waals surface area contributed by atoms with Crippen LogP contribution in [0.1, 0.15) is 69.5 Å². The minimum Gasteiger partial charge on any atom is -0.447 e. The summed E-state index contributed by atoms with van der Waals surface area (Å²) in [6, 6.07) is 6.11. The molecular formula is C34H34ClF6N9O5S. The molecule has 22 heteroatoms. The predicted octanol–water partition coefficient (Wildman–Crippen LogP) is 6.23. The van der Waals surface area contributed by atoms with E-state index in [2.05, 4.69) is 20.5 Å². The number of amides is 2. The number of alkyl carbamates (subject to hydrolysis) is 1. The van der Waals surface area contributed by atoms with Crippen molar-refractivity contribution < 1.29 is 49.1 Å². The standard InChI is InChI=1S/C34H34ClF6N9O5S/c1-32(2,3)15-33(20-5-8-22(24(36)11-20)19-12-45-48(13-19)56(53,54)21-6-7-21)29(51)49(30(42)47-33)26(14-55-31(52)43-16-34(39,40)41)18-4-9-23(35)25(10-18)50-28(27(37)38)44-17-46-50/h4-5,8-13,17,21,26-27H,6-7,14-16H2,1-3H3,(H2,42,47)(H,43,52)/t26-,33-/m1/s1. The first-order valence-electron chi connectivity index (χ1n) is 16.9. The molecule has 1 aliphatic heterocycles. The van der Waals surface area contributed by atoms with Crippen molar-refractivity contribution in [2.24, 2.45) is 5.41 Å². The third kappa shape index (κ3) is 8.18. The molecule has 0 spiro atoms. The fraction of sp³-hybridized carbons (Fsp3) is 0.412. The number of nitrogens with one attached hydrogen (secondary N) is 3. The monoisotopic (exact) mass is 829 g/mol. The van der Waals surface area contributed by atoms with E-state index in [1.807, 2.05) is 0 Å². The molecule has 2 amide bonds. The lowest BCUT2D eigenvalue weighted by Gasteiger charge is -2.35. The zero-order valence-corrected chi connectivity index (χ0v) is 31.3. The van der Waals surface area contributed by atoms with E-state index in [1.54, 1.807) is 26.1 Å². The highest BCUT2D eigenvalue weighted by Gasteiger charge is 2.55. The maximum atomic E-state index is 16.1. The van der Waals surface area contributed by atoms with Gasteiger partial charge >= 0.3 is 12.3 Å². The number of benzene rings is 2. The fourth-order valence-electron chi connectivity index (χ4n) is 6.43. The zero-order valence-electron chi connectivity index (χ0n) is 29.7. The molecule has 1 saturated heterocycles. The van der Waals surface area contributed by atoms with Gasteiger partial charge < -0.3 is 15.4 Å². The molecule has 4 aromatic rings. The van der Waals surface area contributed by atoms with Gasteiger partial charge in [-0.25, -0.2) is 36.0 Å². The number of halogens is 7. The van der Waals surface area contributed by atoms with Crippen molar-refractivity contribution in [3.8, 4) is 16.8 Å². The van der Waals surface area contributed by atoms with Crippen LogP contribution in [0, 0.1) is 16.6 Å². The first-order valence-corrected chi connectivity index (χ1v) is 18.7. The molecule has 3 heterocycles. The van der Waals surface area contributed by atoms with Gasteiger partial charge in [0, 0.05) is 11.1 Å². The van der Waals surface area contributed by atoms with Crippen LogP contribution >= 0.6 is 11.6 Å². The van der Waals surface area contributed by atoms with Gasteiger partial charge in [0.2, 0.25) is 0 Å². The number of hydrogen-bond donors (Lipinski definition) is 3. The molecule has 3 N–H and O–H groups in total. The minimum atomic E-state index is -4.78. The normalized spacial score (nSPS) is 18.4. The molecule has 2 aromatic carbocycles. The summed E-state index contributed by atoms with van der Waals surface area (Å²) in [6.45, 7) is 2.76. The number of guanidine groups is 1. The van der Waals surface area contributed by atoms with Crippen molar-refractivity contribution in [1.29, 1.82) is 5.41 Å². The van der Waals surface area contributed by atoms with Crippen molar-refractivity contribution in [3.63, 3.8) is 0 Å². The fourth-order valence-corrected chi connectivity index (χ4v) is 8.11. The second-order valence-corrected chi connectivity index (χ2v) is 16.9. The van der Waals surface area contributed by atoms with Gasteiger partial charge in [0.15, 0.2) is 11.8 Å². The van der Waals surface area contributed by atoms with Crippen molar-refractivity contribution in [2.75, 3.05) is 13.2 Å². The molecular weight excluding hydrogens is 796 g/mol. The van der Waals surface area contributed by atoms with Crippen molar-refractivity contribution >= 4 is 39.6 Å². The lowest BCUT2D eigenvalue weighted by molar-refractivity contribution is -0.134. The lowest BCUT2D eigenvalue weighted by atomic mass is 9.75. The number of rotatable bonds is 12. The van der Waals surface area contributed by atoms with Crippen LogP contribution in [0.15, 0.2) is 55.1 Å². The van der Waals surface area contributed by atoms with E-state index in [0.717, 1.165) is 26.1 Å². The Kier molecular flexibility index (Phi) is 10.6. The Hall–Kier alpha value is -5.18. The van der Waals surface area contributed by atoms with E-state index in [9.17, 15) is 40.0 Å². The summed E-state index contributed by atoms with van der Waals surface area (Å²) in [5.74, 6) is -3.08. The highest BCUT2D eigenvalue weighted by atomic mass is 35.5. The summed E-state index contributed by atoms with van der Waals surface area (Å²) in [6.07, 6.45) is -5.25. The van der Waals surface area contributed by atoms with E-state index in [-0.39, 0.29) is 39.4 Å². The molecule has 0 unspecified atom stereocenters. The first-order chi connectivity index (χ1) is 26.1. The third-order valence-electron chi connectivity index (χ3n) is 8.96. The third-order valence-corrected chi connectivity index (χ3v) is 11.3. The van der Waals surface area contributed by atoms with E-state index in [4.69, 9.17) is 21.7 Å². The number of carbonyl (C=O) groups excluding carboxylic acids is 2. The molecule has 56 heavy (non-hydrogen) atoms. The topological polar surface area (TPSA) is 177 Å². The summed E-state index contributed by atoms with van der Waals surface area (Å²) in [4.78, 5) is 31.7. The zero-order chi connectivity index (χ0) is 41.0. The first kappa shape index (κ1) is 40.5. The van der Waals surface area contributed by atoms with Crippen LogP contribution in [0.5, 0.6) is 0 Å². The van der Waals surface area contributed by atoms with E-state index in [1.165, 1.54) is 42.7 Å². The van der Waals surface area contributed by atoms with Gasteiger partial charge in [0.05, 0.1) is 34.4 Å². The Labute approximate surface area is 320 Å². The van der Waals surface area contributed by atoms with Gasteiger partial charge in [-0.15, -0.1) is 0 Å². The molecule has 2 aromatic heterocycles. The number of carbonyl (C=O) groups is 2. The molecule has 1 saturated carbocycles. The smallest absolute Gasteiger partial charge is 0.407 e. The Morgan fingerprint density at radius 1 is 1.14 bits per heavy atom. The van der Waals surface area contributed by atoms with E-state index < -0.39 is 87.6 Å². The van der Waals surface area contributed by atoms with E-state index in [0.29, 0.717) is 12.8 Å². The number of nitrogens with zero attached hydrogens (tertiary/aromatic N) is 6. The van der Waals surface area contributed by atoms with Crippen molar-refractivity contribution in [2.45, 2.75) is 69.5 Å². The average Bonchev–Trinajstić information content (AvgIpc) is 3.55. The SMILES string of the molecule is CC(C)(C)C[C@]1(c2ccc(-c3cnn(S(=O)(=O)C4CC4)c3)c(F)c2)NC(=N)N([C@H](COC(=O)NCC(F)(F)F)c2ccc(Cl)c(-n3ncnc3C(F)F)c2)C1=O. The van der Waals surface area contributed by atoms with Gasteiger partial charge in [0.1, 0.15) is 30.8 Å². The Morgan fingerprint density at radius 3 is 2.48 bits per heavy atom. The number of aromatic nitrogens is 5. The molecule has 14 nitrogen and oxygen atoms in total. The van der Waals surface area contributed by atoms with Crippen LogP contribution in [-0.2, 0) is 25.1 Å². The van der Waals surface area contributed by atoms with Crippen LogP contribution < -0.4 is 10.6 Å². The van der Waals surface area contributed by atoms with Gasteiger partial charge in [0.25, 0.3) is 22.4 Å². The highest BCUT2D eigenvalue weighted by molar-refractivity contribution is 7.90. The Balaban J connectivity index is 1.40. The molecule has 300 valence electrons.